The number of hydrogen-bond donors (Lipinski definition) is 0. The normalized spacial score (nSPS) is 14.7. The van der Waals surface area contributed by atoms with Crippen molar-refractivity contribution >= 4 is 17.8 Å². The standard InChI is InChI=1S/C29H31N3O4/c1-31(28(34)25-14-8-9-17-30-25)26(20-21-10-4-3-5-11-21)22-15-18-32(19-16-22)27(33)23-12-6-7-13-24(23)29(35)36-2/h3-14,17,22,26H,15-16,18-20H2,1-2H3/t26-/m1/s1. The maximum Gasteiger partial charge on any atom is 0.338 e. The largest absolute Gasteiger partial charge is 0.465 e. The third-order valence-corrected chi connectivity index (χ3v) is 6.92. The average Bonchev–Trinajstić information content (AvgIpc) is 2.95. The number of likely N-dealkylation sites (N-methyl/N-ethyl adjacent to an activating group) is 1. The first-order valence-electron chi connectivity index (χ1n) is 12.2. The molecule has 1 atom stereocenters. The topological polar surface area (TPSA) is 79.8 Å². The summed E-state index contributed by atoms with van der Waals surface area (Å²) >= 11 is 0. The van der Waals surface area contributed by atoms with Crippen LogP contribution in [-0.2, 0) is 11.2 Å². The summed E-state index contributed by atoms with van der Waals surface area (Å²) < 4.78 is 4.85. The first-order valence-corrected chi connectivity index (χ1v) is 12.2. The van der Waals surface area contributed by atoms with Gasteiger partial charge in [-0.2, -0.15) is 0 Å². The summed E-state index contributed by atoms with van der Waals surface area (Å²) in [6, 6.07) is 22.2. The number of benzene rings is 2. The lowest BCUT2D eigenvalue weighted by molar-refractivity contribution is 0.0513. The highest BCUT2D eigenvalue weighted by Crippen LogP contribution is 2.28. The van der Waals surface area contributed by atoms with E-state index < -0.39 is 5.97 Å². The molecule has 7 heteroatoms. The maximum absolute atomic E-state index is 13.3. The number of pyridine rings is 1. The second kappa shape index (κ2) is 11.6. The Morgan fingerprint density at radius 1 is 0.944 bits per heavy atom. The number of hydrogen-bond acceptors (Lipinski definition) is 5. The molecular weight excluding hydrogens is 454 g/mol. The van der Waals surface area contributed by atoms with Crippen LogP contribution in [0.25, 0.3) is 0 Å². The lowest BCUT2D eigenvalue weighted by Gasteiger charge is -2.40. The number of likely N-dealkylation sites (tertiary alicyclic amines) is 1. The Bertz CT molecular complexity index is 1190. The number of nitrogens with zero attached hydrogens (tertiary/aromatic N) is 3. The molecule has 36 heavy (non-hydrogen) atoms. The molecule has 4 rings (SSSR count). The molecule has 3 aromatic rings. The van der Waals surface area contributed by atoms with Crippen LogP contribution in [0.3, 0.4) is 0 Å². The van der Waals surface area contributed by atoms with E-state index in [1.165, 1.54) is 7.11 Å². The Balaban J connectivity index is 1.50. The van der Waals surface area contributed by atoms with E-state index in [1.807, 2.05) is 36.2 Å². The molecule has 0 saturated carbocycles. The summed E-state index contributed by atoms with van der Waals surface area (Å²) in [5.74, 6) is -0.594. The van der Waals surface area contributed by atoms with E-state index in [0.717, 1.165) is 24.8 Å². The number of amides is 2. The number of aromatic nitrogens is 1. The van der Waals surface area contributed by atoms with Gasteiger partial charge in [0.05, 0.1) is 18.2 Å². The number of rotatable bonds is 7. The molecular formula is C29H31N3O4. The van der Waals surface area contributed by atoms with Crippen LogP contribution in [0.5, 0.6) is 0 Å². The summed E-state index contributed by atoms with van der Waals surface area (Å²) in [5, 5.41) is 0. The molecule has 0 aliphatic carbocycles. The molecule has 0 bridgehead atoms. The molecule has 7 nitrogen and oxygen atoms in total. The summed E-state index contributed by atoms with van der Waals surface area (Å²) in [6.45, 7) is 1.10. The number of piperidine rings is 1. The van der Waals surface area contributed by atoms with E-state index in [2.05, 4.69) is 17.1 Å². The Labute approximate surface area is 211 Å². The molecule has 1 aliphatic rings. The van der Waals surface area contributed by atoms with Gasteiger partial charge in [-0.1, -0.05) is 48.5 Å². The molecule has 1 fully saturated rings. The Kier molecular flexibility index (Phi) is 8.10. The van der Waals surface area contributed by atoms with Crippen LogP contribution in [0.4, 0.5) is 0 Å². The van der Waals surface area contributed by atoms with Crippen LogP contribution in [-0.4, -0.2) is 65.9 Å². The van der Waals surface area contributed by atoms with Gasteiger partial charge in [-0.3, -0.25) is 14.6 Å². The van der Waals surface area contributed by atoms with Crippen LogP contribution in [0.15, 0.2) is 79.0 Å². The van der Waals surface area contributed by atoms with Crippen LogP contribution in [0.1, 0.15) is 49.6 Å². The summed E-state index contributed by atoms with van der Waals surface area (Å²) in [7, 11) is 3.15. The second-order valence-corrected chi connectivity index (χ2v) is 9.05. The maximum atomic E-state index is 13.3. The second-order valence-electron chi connectivity index (χ2n) is 9.05. The van der Waals surface area contributed by atoms with E-state index in [9.17, 15) is 14.4 Å². The highest BCUT2D eigenvalue weighted by atomic mass is 16.5. The number of esters is 1. The molecule has 0 spiro atoms. The zero-order valence-corrected chi connectivity index (χ0v) is 20.7. The summed E-state index contributed by atoms with van der Waals surface area (Å²) in [4.78, 5) is 46.5. The highest BCUT2D eigenvalue weighted by Gasteiger charge is 2.34. The van der Waals surface area contributed by atoms with E-state index >= 15 is 0 Å². The molecule has 1 aromatic heterocycles. The van der Waals surface area contributed by atoms with Gasteiger partial charge in [0, 0.05) is 32.4 Å². The fourth-order valence-electron chi connectivity index (χ4n) is 4.91. The molecule has 1 aliphatic heterocycles. The van der Waals surface area contributed by atoms with Gasteiger partial charge in [0.25, 0.3) is 11.8 Å². The van der Waals surface area contributed by atoms with Crippen molar-refractivity contribution in [3.63, 3.8) is 0 Å². The fourth-order valence-corrected chi connectivity index (χ4v) is 4.91. The first-order chi connectivity index (χ1) is 17.5. The molecule has 0 N–H and O–H groups in total. The Hall–Kier alpha value is -4.00. The monoisotopic (exact) mass is 485 g/mol. The summed E-state index contributed by atoms with van der Waals surface area (Å²) in [5.41, 5.74) is 2.21. The zero-order valence-electron chi connectivity index (χ0n) is 20.7. The zero-order chi connectivity index (χ0) is 25.5. The molecule has 2 aromatic carbocycles. The lowest BCUT2D eigenvalue weighted by atomic mass is 9.84. The van der Waals surface area contributed by atoms with Crippen LogP contribution >= 0.6 is 0 Å². The van der Waals surface area contributed by atoms with Crippen molar-refractivity contribution in [1.82, 2.24) is 14.8 Å². The minimum atomic E-state index is -0.522. The smallest absolute Gasteiger partial charge is 0.338 e. The molecule has 0 radical (unpaired) electrons. The molecule has 0 unspecified atom stereocenters. The predicted molar refractivity (Wildman–Crippen MR) is 137 cm³/mol. The van der Waals surface area contributed by atoms with Crippen molar-refractivity contribution in [2.75, 3.05) is 27.2 Å². The van der Waals surface area contributed by atoms with Crippen LogP contribution in [0, 0.1) is 5.92 Å². The number of methoxy groups -OCH3 is 1. The molecule has 186 valence electrons. The van der Waals surface area contributed by atoms with Gasteiger partial charge in [0.15, 0.2) is 0 Å². The highest BCUT2D eigenvalue weighted by molar-refractivity contribution is 6.05. The van der Waals surface area contributed by atoms with Crippen molar-refractivity contribution < 1.29 is 19.1 Å². The molecule has 1 saturated heterocycles. The van der Waals surface area contributed by atoms with E-state index in [-0.39, 0.29) is 29.3 Å². The predicted octanol–water partition coefficient (Wildman–Crippen LogP) is 4.10. The van der Waals surface area contributed by atoms with Crippen molar-refractivity contribution in [2.24, 2.45) is 5.92 Å². The molecule has 2 amide bonds. The van der Waals surface area contributed by atoms with Gasteiger partial charge in [-0.25, -0.2) is 4.79 Å². The van der Waals surface area contributed by atoms with Crippen LogP contribution < -0.4 is 0 Å². The van der Waals surface area contributed by atoms with E-state index in [1.54, 1.807) is 47.5 Å². The quantitative estimate of drug-likeness (QED) is 0.471. The van der Waals surface area contributed by atoms with Gasteiger partial charge >= 0.3 is 5.97 Å². The summed E-state index contributed by atoms with van der Waals surface area (Å²) in [6.07, 6.45) is 3.86. The van der Waals surface area contributed by atoms with Gasteiger partial charge < -0.3 is 14.5 Å². The van der Waals surface area contributed by atoms with Gasteiger partial charge in [-0.15, -0.1) is 0 Å². The van der Waals surface area contributed by atoms with E-state index in [0.29, 0.717) is 24.3 Å². The minimum Gasteiger partial charge on any atom is -0.465 e. The fraction of sp³-hybridized carbons (Fsp3) is 0.310. The van der Waals surface area contributed by atoms with Crippen LogP contribution in [0.2, 0.25) is 0 Å². The lowest BCUT2D eigenvalue weighted by Crippen LogP contribution is -2.48. The van der Waals surface area contributed by atoms with Crippen molar-refractivity contribution in [3.8, 4) is 0 Å². The third-order valence-electron chi connectivity index (χ3n) is 6.92. The van der Waals surface area contributed by atoms with Crippen molar-refractivity contribution in [2.45, 2.75) is 25.3 Å². The Morgan fingerprint density at radius 2 is 1.58 bits per heavy atom. The number of carbonyl (C=O) groups excluding carboxylic acids is 3. The van der Waals surface area contributed by atoms with Crippen molar-refractivity contribution in [1.29, 1.82) is 0 Å². The Morgan fingerprint density at radius 3 is 2.22 bits per heavy atom. The van der Waals surface area contributed by atoms with Crippen molar-refractivity contribution in [3.05, 3.63) is 101 Å². The van der Waals surface area contributed by atoms with Gasteiger partial charge in [0.1, 0.15) is 5.69 Å². The van der Waals surface area contributed by atoms with Gasteiger partial charge in [0.2, 0.25) is 0 Å². The number of carbonyl (C=O) groups is 3. The number of ether oxygens (including phenoxy) is 1. The minimum absolute atomic E-state index is 0.0403. The molecule has 2 heterocycles. The first kappa shape index (κ1) is 25.1. The SMILES string of the molecule is COC(=O)c1ccccc1C(=O)N1CCC([C@@H](Cc2ccccc2)N(C)C(=O)c2ccccn2)CC1. The third kappa shape index (κ3) is 5.62. The van der Waals surface area contributed by atoms with E-state index in [4.69, 9.17) is 4.74 Å². The van der Waals surface area contributed by atoms with Gasteiger partial charge in [-0.05, 0) is 55.0 Å². The average molecular weight is 486 g/mol.